The molecule has 2 atom stereocenters. The van der Waals surface area contributed by atoms with E-state index < -0.39 is 10.2 Å². The van der Waals surface area contributed by atoms with Gasteiger partial charge in [-0.1, -0.05) is 6.42 Å². The molecule has 2 aliphatic rings. The third kappa shape index (κ3) is 2.50. The van der Waals surface area contributed by atoms with E-state index in [4.69, 9.17) is 0 Å². The quantitative estimate of drug-likeness (QED) is 0.808. The second-order valence-electron chi connectivity index (χ2n) is 5.05. The highest BCUT2D eigenvalue weighted by atomic mass is 32.2. The van der Waals surface area contributed by atoms with Crippen molar-refractivity contribution in [1.82, 2.24) is 8.61 Å². The molecule has 5 nitrogen and oxygen atoms in total. The van der Waals surface area contributed by atoms with Crippen molar-refractivity contribution < 1.29 is 13.5 Å². The van der Waals surface area contributed by atoms with Crippen LogP contribution >= 0.6 is 0 Å². The number of piperidine rings is 1. The van der Waals surface area contributed by atoms with Gasteiger partial charge in [0.2, 0.25) is 0 Å². The van der Waals surface area contributed by atoms with Crippen molar-refractivity contribution in [2.75, 3.05) is 19.7 Å². The van der Waals surface area contributed by atoms with E-state index in [1.54, 1.807) is 4.31 Å². The number of rotatable bonds is 3. The van der Waals surface area contributed by atoms with Crippen LogP contribution in [0.2, 0.25) is 0 Å². The topological polar surface area (TPSA) is 60.9 Å². The lowest BCUT2D eigenvalue weighted by Gasteiger charge is -2.37. The van der Waals surface area contributed by atoms with E-state index in [0.29, 0.717) is 13.1 Å². The highest BCUT2D eigenvalue weighted by Crippen LogP contribution is 2.27. The van der Waals surface area contributed by atoms with Gasteiger partial charge in [-0.15, -0.1) is 0 Å². The number of aliphatic hydroxyl groups excluding tert-OH is 1. The van der Waals surface area contributed by atoms with Gasteiger partial charge in [0.15, 0.2) is 0 Å². The van der Waals surface area contributed by atoms with Gasteiger partial charge in [0.05, 0.1) is 6.61 Å². The van der Waals surface area contributed by atoms with E-state index in [9.17, 15) is 13.5 Å². The molecule has 2 fully saturated rings. The second kappa shape index (κ2) is 5.22. The van der Waals surface area contributed by atoms with Crippen LogP contribution < -0.4 is 0 Å². The maximum Gasteiger partial charge on any atom is 0.282 e. The highest BCUT2D eigenvalue weighted by Gasteiger charge is 2.39. The normalized spacial score (nSPS) is 33.1. The first kappa shape index (κ1) is 13.3. The van der Waals surface area contributed by atoms with Gasteiger partial charge in [0, 0.05) is 25.2 Å². The first-order chi connectivity index (χ1) is 8.07. The molecule has 0 aliphatic carbocycles. The third-order valence-corrected chi connectivity index (χ3v) is 6.08. The molecule has 1 N–H and O–H groups in total. The maximum absolute atomic E-state index is 12.5. The minimum Gasteiger partial charge on any atom is -0.395 e. The Kier molecular flexibility index (Phi) is 4.07. The molecule has 17 heavy (non-hydrogen) atoms. The Balaban J connectivity index is 2.18. The van der Waals surface area contributed by atoms with Crippen molar-refractivity contribution in [3.8, 4) is 0 Å². The Morgan fingerprint density at radius 2 is 1.82 bits per heavy atom. The van der Waals surface area contributed by atoms with Crippen LogP contribution in [0, 0.1) is 0 Å². The smallest absolute Gasteiger partial charge is 0.282 e. The Morgan fingerprint density at radius 3 is 2.41 bits per heavy atom. The van der Waals surface area contributed by atoms with Crippen molar-refractivity contribution in [2.24, 2.45) is 0 Å². The van der Waals surface area contributed by atoms with Crippen molar-refractivity contribution >= 4 is 10.2 Å². The van der Waals surface area contributed by atoms with Crippen LogP contribution in [0.25, 0.3) is 0 Å². The van der Waals surface area contributed by atoms with Crippen LogP contribution in [0.4, 0.5) is 0 Å². The first-order valence-electron chi connectivity index (χ1n) is 6.47. The molecule has 0 radical (unpaired) electrons. The Bertz CT molecular complexity index is 358. The zero-order valence-electron chi connectivity index (χ0n) is 10.4. The lowest BCUT2D eigenvalue weighted by atomic mass is 10.1. The van der Waals surface area contributed by atoms with E-state index in [1.165, 1.54) is 4.31 Å². The summed E-state index contributed by atoms with van der Waals surface area (Å²) in [5, 5.41) is 9.31. The van der Waals surface area contributed by atoms with Crippen molar-refractivity contribution in [1.29, 1.82) is 0 Å². The number of nitrogens with zero attached hydrogens (tertiary/aromatic N) is 2. The maximum atomic E-state index is 12.5. The fourth-order valence-corrected chi connectivity index (χ4v) is 4.94. The lowest BCUT2D eigenvalue weighted by Crippen LogP contribution is -2.52. The molecule has 100 valence electrons. The first-order valence-corrected chi connectivity index (χ1v) is 7.86. The van der Waals surface area contributed by atoms with Gasteiger partial charge in [-0.05, 0) is 32.6 Å². The van der Waals surface area contributed by atoms with Gasteiger partial charge in [-0.2, -0.15) is 17.0 Å². The fourth-order valence-electron chi connectivity index (χ4n) is 2.84. The highest BCUT2D eigenvalue weighted by molar-refractivity contribution is 7.86. The van der Waals surface area contributed by atoms with E-state index in [0.717, 1.165) is 32.1 Å². The summed E-state index contributed by atoms with van der Waals surface area (Å²) in [5.74, 6) is 0. The van der Waals surface area contributed by atoms with E-state index in [-0.39, 0.29) is 18.7 Å². The van der Waals surface area contributed by atoms with Crippen molar-refractivity contribution in [3.63, 3.8) is 0 Å². The van der Waals surface area contributed by atoms with Crippen LogP contribution in [-0.2, 0) is 10.2 Å². The summed E-state index contributed by atoms with van der Waals surface area (Å²) in [6.45, 7) is 3.07. The molecule has 2 rings (SSSR count). The Hall–Kier alpha value is -0.170. The molecular formula is C11H22N2O3S. The van der Waals surface area contributed by atoms with Crippen LogP contribution in [0.15, 0.2) is 0 Å². The van der Waals surface area contributed by atoms with Crippen LogP contribution in [0.3, 0.4) is 0 Å². The number of aliphatic hydroxyl groups is 1. The molecular weight excluding hydrogens is 240 g/mol. The molecule has 0 bridgehead atoms. The average Bonchev–Trinajstić information content (AvgIpc) is 2.76. The molecule has 0 spiro atoms. The minimum absolute atomic E-state index is 0.0680. The van der Waals surface area contributed by atoms with Crippen LogP contribution in [0.1, 0.15) is 39.0 Å². The lowest BCUT2D eigenvalue weighted by molar-refractivity contribution is 0.147. The summed E-state index contributed by atoms with van der Waals surface area (Å²) in [4.78, 5) is 0. The predicted molar refractivity (Wildman–Crippen MR) is 65.8 cm³/mol. The molecule has 0 saturated carbocycles. The van der Waals surface area contributed by atoms with Gasteiger partial charge < -0.3 is 5.11 Å². The third-order valence-electron chi connectivity index (χ3n) is 3.87. The summed E-state index contributed by atoms with van der Waals surface area (Å²) < 4.78 is 28.1. The second-order valence-corrected chi connectivity index (χ2v) is 6.89. The van der Waals surface area contributed by atoms with Gasteiger partial charge in [-0.25, -0.2) is 0 Å². The molecule has 2 aliphatic heterocycles. The molecule has 2 unspecified atom stereocenters. The predicted octanol–water partition coefficient (Wildman–Crippen LogP) is 0.562. The minimum atomic E-state index is -3.37. The van der Waals surface area contributed by atoms with Crippen molar-refractivity contribution in [2.45, 2.75) is 51.1 Å². The number of hydrogen-bond acceptors (Lipinski definition) is 3. The standard InChI is InChI=1S/C11H22N2O3S/c1-10-5-4-8-12(10)17(15,16)13-7-3-2-6-11(13)9-14/h10-11,14H,2-9H2,1H3. The Morgan fingerprint density at radius 1 is 1.12 bits per heavy atom. The monoisotopic (exact) mass is 262 g/mol. The molecule has 2 heterocycles. The fraction of sp³-hybridized carbons (Fsp3) is 1.00. The summed E-state index contributed by atoms with van der Waals surface area (Å²) in [5.41, 5.74) is 0. The molecule has 0 aromatic carbocycles. The van der Waals surface area contributed by atoms with Gasteiger partial charge in [-0.3, -0.25) is 0 Å². The molecule has 2 saturated heterocycles. The molecule has 0 aromatic rings. The summed E-state index contributed by atoms with van der Waals surface area (Å²) in [6.07, 6.45) is 4.57. The number of hydrogen-bond donors (Lipinski definition) is 1. The summed E-state index contributed by atoms with van der Waals surface area (Å²) in [6, 6.07) is -0.122. The van der Waals surface area contributed by atoms with Gasteiger partial charge in [0.25, 0.3) is 10.2 Å². The molecule has 6 heteroatoms. The average molecular weight is 262 g/mol. The molecule has 0 aromatic heterocycles. The van der Waals surface area contributed by atoms with E-state index in [2.05, 4.69) is 0 Å². The van der Waals surface area contributed by atoms with Gasteiger partial charge in [0.1, 0.15) is 0 Å². The summed E-state index contributed by atoms with van der Waals surface area (Å²) >= 11 is 0. The largest absolute Gasteiger partial charge is 0.395 e. The Labute approximate surface area is 104 Å². The SMILES string of the molecule is CC1CCCN1S(=O)(=O)N1CCCCC1CO. The van der Waals surface area contributed by atoms with Crippen LogP contribution in [0.5, 0.6) is 0 Å². The van der Waals surface area contributed by atoms with E-state index in [1.807, 2.05) is 6.92 Å². The molecule has 0 amide bonds. The van der Waals surface area contributed by atoms with Crippen LogP contribution in [-0.4, -0.2) is 53.9 Å². The van der Waals surface area contributed by atoms with Gasteiger partial charge >= 0.3 is 0 Å². The zero-order chi connectivity index (χ0) is 12.5. The zero-order valence-corrected chi connectivity index (χ0v) is 11.2. The van der Waals surface area contributed by atoms with E-state index >= 15 is 0 Å². The summed E-state index contributed by atoms with van der Waals surface area (Å²) in [7, 11) is -3.37. The van der Waals surface area contributed by atoms with Crippen molar-refractivity contribution in [3.05, 3.63) is 0 Å².